The molecule has 110 valence electrons. The fourth-order valence-corrected chi connectivity index (χ4v) is 3.01. The van der Waals surface area contributed by atoms with Crippen molar-refractivity contribution in [3.05, 3.63) is 41.2 Å². The van der Waals surface area contributed by atoms with Crippen molar-refractivity contribution in [1.82, 2.24) is 10.3 Å². The minimum absolute atomic E-state index is 0.363. The zero-order chi connectivity index (χ0) is 14.2. The number of nitrogens with zero attached hydrogens (tertiary/aromatic N) is 1. The van der Waals surface area contributed by atoms with Gasteiger partial charge in [0, 0.05) is 11.9 Å². The molecule has 1 aromatic rings. The quantitative estimate of drug-likeness (QED) is 0.785. The van der Waals surface area contributed by atoms with Crippen LogP contribution in [-0.4, -0.2) is 11.5 Å². The molecule has 20 heavy (non-hydrogen) atoms. The van der Waals surface area contributed by atoms with E-state index in [-0.39, 0.29) is 0 Å². The summed E-state index contributed by atoms with van der Waals surface area (Å²) in [6, 6.07) is 4.66. The van der Waals surface area contributed by atoms with Gasteiger partial charge in [-0.05, 0) is 57.2 Å². The third kappa shape index (κ3) is 4.17. The third-order valence-electron chi connectivity index (χ3n) is 4.15. The van der Waals surface area contributed by atoms with Crippen LogP contribution in [0, 0.1) is 6.92 Å². The molecule has 0 bridgehead atoms. The van der Waals surface area contributed by atoms with Crippen LogP contribution in [0.2, 0.25) is 0 Å². The van der Waals surface area contributed by atoms with Crippen LogP contribution in [0.3, 0.4) is 0 Å². The van der Waals surface area contributed by atoms with E-state index in [9.17, 15) is 0 Å². The monoisotopic (exact) mass is 272 g/mol. The summed E-state index contributed by atoms with van der Waals surface area (Å²) in [4.78, 5) is 4.48. The number of rotatable bonds is 5. The summed E-state index contributed by atoms with van der Waals surface area (Å²) < 4.78 is 0. The maximum Gasteiger partial charge on any atom is 0.0554 e. The number of hydrogen-bond donors (Lipinski definition) is 1. The van der Waals surface area contributed by atoms with E-state index in [0.29, 0.717) is 6.04 Å². The van der Waals surface area contributed by atoms with Gasteiger partial charge in [-0.15, -0.1) is 0 Å². The Bertz CT molecular complexity index is 437. The first kappa shape index (κ1) is 15.2. The Morgan fingerprint density at radius 2 is 2.10 bits per heavy atom. The molecule has 2 nitrogen and oxygen atoms in total. The van der Waals surface area contributed by atoms with Crippen LogP contribution >= 0.6 is 0 Å². The number of aromatic nitrogens is 1. The van der Waals surface area contributed by atoms with Crippen LogP contribution < -0.4 is 5.32 Å². The predicted octanol–water partition coefficient (Wildman–Crippen LogP) is 4.71. The lowest BCUT2D eigenvalue weighted by Gasteiger charge is -2.25. The topological polar surface area (TPSA) is 24.9 Å². The van der Waals surface area contributed by atoms with Crippen molar-refractivity contribution in [2.75, 3.05) is 6.54 Å². The van der Waals surface area contributed by atoms with Crippen LogP contribution in [0.25, 0.3) is 0 Å². The molecule has 0 spiro atoms. The zero-order valence-corrected chi connectivity index (χ0v) is 13.0. The minimum Gasteiger partial charge on any atom is -0.306 e. The lowest BCUT2D eigenvalue weighted by Crippen LogP contribution is -2.25. The van der Waals surface area contributed by atoms with E-state index < -0.39 is 0 Å². The van der Waals surface area contributed by atoms with Crippen LogP contribution in [0.4, 0.5) is 0 Å². The number of pyridine rings is 1. The molecule has 1 unspecified atom stereocenters. The van der Waals surface area contributed by atoms with E-state index in [0.717, 1.165) is 12.2 Å². The summed E-state index contributed by atoms with van der Waals surface area (Å²) in [5.41, 5.74) is 4.09. The predicted molar refractivity (Wildman–Crippen MR) is 85.8 cm³/mol. The second-order valence-electron chi connectivity index (χ2n) is 5.80. The molecule has 1 aliphatic rings. The highest BCUT2D eigenvalue weighted by molar-refractivity contribution is 5.31. The first-order chi connectivity index (χ1) is 9.83. The molecule has 0 amide bonds. The molecule has 2 heteroatoms. The minimum atomic E-state index is 0.363. The van der Waals surface area contributed by atoms with Crippen LogP contribution in [-0.2, 0) is 0 Å². The van der Waals surface area contributed by atoms with Crippen molar-refractivity contribution < 1.29 is 0 Å². The first-order valence-electron chi connectivity index (χ1n) is 8.16. The van der Waals surface area contributed by atoms with Gasteiger partial charge >= 0.3 is 0 Å². The smallest absolute Gasteiger partial charge is 0.0554 e. The highest BCUT2D eigenvalue weighted by atomic mass is 14.9. The molecular weight excluding hydrogens is 244 g/mol. The molecule has 0 saturated heterocycles. The number of aryl methyl sites for hydroxylation is 1. The van der Waals surface area contributed by atoms with Gasteiger partial charge in [-0.3, -0.25) is 4.98 Å². The van der Waals surface area contributed by atoms with Gasteiger partial charge in [-0.2, -0.15) is 0 Å². The van der Waals surface area contributed by atoms with E-state index in [1.807, 2.05) is 6.20 Å². The molecule has 0 fully saturated rings. The van der Waals surface area contributed by atoms with Gasteiger partial charge in [-0.25, -0.2) is 0 Å². The van der Waals surface area contributed by atoms with Crippen molar-refractivity contribution in [2.24, 2.45) is 0 Å². The Morgan fingerprint density at radius 1 is 1.25 bits per heavy atom. The molecule has 0 aliphatic heterocycles. The van der Waals surface area contributed by atoms with Gasteiger partial charge in [0.25, 0.3) is 0 Å². The molecule has 1 aliphatic carbocycles. The molecule has 1 N–H and O–H groups in total. The zero-order valence-electron chi connectivity index (χ0n) is 13.0. The Labute approximate surface area is 123 Å². The second-order valence-corrected chi connectivity index (χ2v) is 5.80. The van der Waals surface area contributed by atoms with Crippen molar-refractivity contribution in [3.63, 3.8) is 0 Å². The van der Waals surface area contributed by atoms with Crippen LogP contribution in [0.5, 0.6) is 0 Å². The maximum absolute atomic E-state index is 4.48. The fraction of sp³-hybridized carbons (Fsp3) is 0.611. The Kier molecular flexibility index (Phi) is 6.25. The van der Waals surface area contributed by atoms with Crippen molar-refractivity contribution in [2.45, 2.75) is 64.8 Å². The number of hydrogen-bond acceptors (Lipinski definition) is 2. The van der Waals surface area contributed by atoms with E-state index in [4.69, 9.17) is 0 Å². The third-order valence-corrected chi connectivity index (χ3v) is 4.15. The number of allylic oxidation sites excluding steroid dienone is 1. The summed E-state index contributed by atoms with van der Waals surface area (Å²) in [6.45, 7) is 5.42. The molecule has 0 saturated carbocycles. The van der Waals surface area contributed by atoms with Crippen molar-refractivity contribution >= 4 is 0 Å². The number of nitrogens with one attached hydrogen (secondary N) is 1. The maximum atomic E-state index is 4.48. The van der Waals surface area contributed by atoms with Gasteiger partial charge in [0.05, 0.1) is 6.04 Å². The van der Waals surface area contributed by atoms with Crippen LogP contribution in [0.1, 0.15) is 69.2 Å². The summed E-state index contributed by atoms with van der Waals surface area (Å²) in [5.74, 6) is 0. The Hall–Kier alpha value is -1.15. The second kappa shape index (κ2) is 8.21. The average molecular weight is 272 g/mol. The summed E-state index contributed by atoms with van der Waals surface area (Å²) in [6.07, 6.45) is 13.5. The SMILES string of the molecule is CCCNC(/C1=C/CCCCCC1)c1cccnc1C. The first-order valence-corrected chi connectivity index (χ1v) is 8.16. The molecule has 0 aromatic carbocycles. The fourth-order valence-electron chi connectivity index (χ4n) is 3.01. The molecule has 0 radical (unpaired) electrons. The highest BCUT2D eigenvalue weighted by Crippen LogP contribution is 2.29. The summed E-state index contributed by atoms with van der Waals surface area (Å²) in [7, 11) is 0. The summed E-state index contributed by atoms with van der Waals surface area (Å²) >= 11 is 0. The molecule has 1 atom stereocenters. The average Bonchev–Trinajstić information content (AvgIpc) is 2.42. The Balaban J connectivity index is 2.24. The van der Waals surface area contributed by atoms with E-state index in [2.05, 4.69) is 42.4 Å². The van der Waals surface area contributed by atoms with Gasteiger partial charge < -0.3 is 5.32 Å². The van der Waals surface area contributed by atoms with Crippen LogP contribution in [0.15, 0.2) is 30.0 Å². The standard InChI is InChI=1S/C18H28N2/c1-3-13-20-18(17-12-9-14-19-15(17)2)16-10-7-5-4-6-8-11-16/h9-10,12,14,18,20H,3-8,11,13H2,1-2H3/b16-10+. The van der Waals surface area contributed by atoms with Crippen molar-refractivity contribution in [3.8, 4) is 0 Å². The lowest BCUT2D eigenvalue weighted by molar-refractivity contribution is 0.538. The van der Waals surface area contributed by atoms with Gasteiger partial charge in [0.1, 0.15) is 0 Å². The van der Waals surface area contributed by atoms with Gasteiger partial charge in [-0.1, -0.05) is 37.5 Å². The molecule has 2 rings (SSSR count). The normalized spacial score (nSPS) is 20.6. The highest BCUT2D eigenvalue weighted by Gasteiger charge is 2.18. The van der Waals surface area contributed by atoms with Crippen molar-refractivity contribution in [1.29, 1.82) is 0 Å². The molecule has 1 heterocycles. The van der Waals surface area contributed by atoms with Gasteiger partial charge in [0.15, 0.2) is 0 Å². The van der Waals surface area contributed by atoms with E-state index in [1.54, 1.807) is 5.57 Å². The molecular formula is C18H28N2. The summed E-state index contributed by atoms with van der Waals surface area (Å²) in [5, 5.41) is 3.74. The Morgan fingerprint density at radius 3 is 2.90 bits per heavy atom. The van der Waals surface area contributed by atoms with E-state index in [1.165, 1.54) is 50.5 Å². The van der Waals surface area contributed by atoms with Gasteiger partial charge in [0.2, 0.25) is 0 Å². The van der Waals surface area contributed by atoms with E-state index >= 15 is 0 Å². The largest absolute Gasteiger partial charge is 0.306 e. The molecule has 1 aromatic heterocycles. The lowest BCUT2D eigenvalue weighted by atomic mass is 9.90.